The van der Waals surface area contributed by atoms with Gasteiger partial charge in [0.1, 0.15) is 0 Å². The van der Waals surface area contributed by atoms with Gasteiger partial charge in [0.15, 0.2) is 0 Å². The molecule has 1 rings (SSSR count). The Labute approximate surface area is 94.8 Å². The molecule has 0 heterocycles. The first-order valence-electron chi connectivity index (χ1n) is 5.69. The first kappa shape index (κ1) is 14.2. The molecule has 0 aliphatic heterocycles. The first-order valence-corrected chi connectivity index (χ1v) is 5.69. The summed E-state index contributed by atoms with van der Waals surface area (Å²) >= 11 is 0. The number of allylic oxidation sites excluding steroid dienone is 4. The van der Waals surface area contributed by atoms with Gasteiger partial charge in [-0.3, -0.25) is 0 Å². The standard InChI is InChI=1S/C12H19N.C2H6/c1-11(2,3)10-6-5-8-12(4,13)9-7-10;1-2/h5-9H,13H2,1-4H3;1-2H3. The van der Waals surface area contributed by atoms with Gasteiger partial charge in [0.2, 0.25) is 0 Å². The van der Waals surface area contributed by atoms with E-state index in [1.165, 1.54) is 5.57 Å². The molecule has 0 saturated carbocycles. The van der Waals surface area contributed by atoms with E-state index in [9.17, 15) is 0 Å². The molecule has 0 fully saturated rings. The third-order valence-electron chi connectivity index (χ3n) is 2.22. The van der Waals surface area contributed by atoms with Crippen LogP contribution in [0.3, 0.4) is 0 Å². The summed E-state index contributed by atoms with van der Waals surface area (Å²) in [6, 6.07) is 0. The van der Waals surface area contributed by atoms with E-state index in [0.29, 0.717) is 0 Å². The van der Waals surface area contributed by atoms with Gasteiger partial charge in [-0.25, -0.2) is 0 Å². The molecule has 1 aliphatic rings. The van der Waals surface area contributed by atoms with E-state index < -0.39 is 0 Å². The second-order valence-electron chi connectivity index (χ2n) is 4.93. The molecule has 0 aromatic heterocycles. The van der Waals surface area contributed by atoms with Gasteiger partial charge in [-0.15, -0.1) is 0 Å². The molecular weight excluding hydrogens is 182 g/mol. The summed E-state index contributed by atoms with van der Waals surface area (Å²) in [6.45, 7) is 12.6. The number of hydrogen-bond donors (Lipinski definition) is 1. The van der Waals surface area contributed by atoms with Crippen LogP contribution < -0.4 is 5.73 Å². The fourth-order valence-corrected chi connectivity index (χ4v) is 1.24. The summed E-state index contributed by atoms with van der Waals surface area (Å²) < 4.78 is 0. The molecule has 0 saturated heterocycles. The van der Waals surface area contributed by atoms with Crippen molar-refractivity contribution in [1.82, 2.24) is 0 Å². The zero-order chi connectivity index (χ0) is 12.1. The number of nitrogens with two attached hydrogens (primary N) is 1. The molecule has 2 N–H and O–H groups in total. The van der Waals surface area contributed by atoms with Gasteiger partial charge in [-0.05, 0) is 17.9 Å². The zero-order valence-corrected chi connectivity index (χ0v) is 11.0. The third-order valence-corrected chi connectivity index (χ3v) is 2.22. The maximum atomic E-state index is 5.98. The van der Waals surface area contributed by atoms with E-state index in [1.807, 2.05) is 39.0 Å². The molecule has 1 heteroatoms. The van der Waals surface area contributed by atoms with E-state index in [4.69, 9.17) is 5.73 Å². The van der Waals surface area contributed by atoms with Gasteiger partial charge < -0.3 is 5.73 Å². The summed E-state index contributed by atoms with van der Waals surface area (Å²) in [5.74, 6) is 0. The maximum Gasteiger partial charge on any atom is 0.0502 e. The largest absolute Gasteiger partial charge is 0.319 e. The van der Waals surface area contributed by atoms with Crippen molar-refractivity contribution < 1.29 is 0 Å². The van der Waals surface area contributed by atoms with Crippen molar-refractivity contribution in [2.45, 2.75) is 47.1 Å². The Morgan fingerprint density at radius 3 is 2.13 bits per heavy atom. The summed E-state index contributed by atoms with van der Waals surface area (Å²) in [6.07, 6.45) is 10.4. The van der Waals surface area contributed by atoms with Gasteiger partial charge in [-0.2, -0.15) is 0 Å². The lowest BCUT2D eigenvalue weighted by atomic mass is 9.86. The highest BCUT2D eigenvalue weighted by atomic mass is 14.7. The molecule has 86 valence electrons. The molecule has 0 amide bonds. The molecule has 0 aromatic carbocycles. The lowest BCUT2D eigenvalue weighted by Crippen LogP contribution is -2.30. The van der Waals surface area contributed by atoms with Crippen molar-refractivity contribution in [3.05, 3.63) is 36.0 Å². The molecule has 1 atom stereocenters. The lowest BCUT2D eigenvalue weighted by Gasteiger charge is -2.20. The lowest BCUT2D eigenvalue weighted by molar-refractivity contribution is 0.517. The van der Waals surface area contributed by atoms with Crippen LogP contribution in [0.15, 0.2) is 36.0 Å². The first-order chi connectivity index (χ1) is 6.81. The fraction of sp³-hybridized carbons (Fsp3) is 0.571. The normalized spacial score (nSPS) is 25.1. The molecule has 0 spiro atoms. The molecule has 1 aliphatic carbocycles. The minimum atomic E-state index is -0.302. The second kappa shape index (κ2) is 5.32. The molecule has 0 aromatic rings. The predicted octanol–water partition coefficient (Wildman–Crippen LogP) is 3.83. The fourth-order valence-electron chi connectivity index (χ4n) is 1.24. The van der Waals surface area contributed by atoms with Crippen LogP contribution in [-0.4, -0.2) is 5.54 Å². The van der Waals surface area contributed by atoms with Crippen LogP contribution in [0.4, 0.5) is 0 Å². The molecule has 0 radical (unpaired) electrons. The van der Waals surface area contributed by atoms with Gasteiger partial charge in [0.25, 0.3) is 0 Å². The molecule has 15 heavy (non-hydrogen) atoms. The average Bonchev–Trinajstić information content (AvgIpc) is 2.28. The van der Waals surface area contributed by atoms with Gasteiger partial charge in [0.05, 0.1) is 5.54 Å². The summed E-state index contributed by atoms with van der Waals surface area (Å²) in [5.41, 5.74) is 7.19. The highest BCUT2D eigenvalue weighted by Crippen LogP contribution is 2.28. The van der Waals surface area contributed by atoms with Crippen molar-refractivity contribution in [1.29, 1.82) is 0 Å². The van der Waals surface area contributed by atoms with Crippen LogP contribution >= 0.6 is 0 Å². The Hall–Kier alpha value is -0.820. The van der Waals surface area contributed by atoms with Crippen molar-refractivity contribution in [3.63, 3.8) is 0 Å². The van der Waals surface area contributed by atoms with Crippen molar-refractivity contribution >= 4 is 0 Å². The monoisotopic (exact) mass is 207 g/mol. The Morgan fingerprint density at radius 1 is 1.13 bits per heavy atom. The molecule has 1 nitrogen and oxygen atoms in total. The van der Waals surface area contributed by atoms with E-state index in [2.05, 4.69) is 32.9 Å². The van der Waals surface area contributed by atoms with E-state index in [-0.39, 0.29) is 11.0 Å². The van der Waals surface area contributed by atoms with Crippen LogP contribution in [0.2, 0.25) is 0 Å². The minimum Gasteiger partial charge on any atom is -0.319 e. The Balaban J connectivity index is 0.000000921. The second-order valence-corrected chi connectivity index (χ2v) is 4.93. The van der Waals surface area contributed by atoms with Crippen molar-refractivity contribution in [2.75, 3.05) is 0 Å². The predicted molar refractivity (Wildman–Crippen MR) is 69.8 cm³/mol. The van der Waals surface area contributed by atoms with Crippen LogP contribution in [0.25, 0.3) is 0 Å². The van der Waals surface area contributed by atoms with E-state index >= 15 is 0 Å². The van der Waals surface area contributed by atoms with Crippen LogP contribution in [-0.2, 0) is 0 Å². The zero-order valence-electron chi connectivity index (χ0n) is 11.0. The molecular formula is C14H25N. The highest BCUT2D eigenvalue weighted by Gasteiger charge is 2.17. The summed E-state index contributed by atoms with van der Waals surface area (Å²) in [4.78, 5) is 0. The highest BCUT2D eigenvalue weighted by molar-refractivity contribution is 5.36. The van der Waals surface area contributed by atoms with Gasteiger partial charge >= 0.3 is 0 Å². The number of hydrogen-bond acceptors (Lipinski definition) is 1. The molecule has 1 unspecified atom stereocenters. The van der Waals surface area contributed by atoms with Gasteiger partial charge in [-0.1, -0.05) is 65.0 Å². The SMILES string of the molecule is CC.CC1(N)C=CC=C(C(C)(C)C)C=C1. The third kappa shape index (κ3) is 4.98. The quantitative estimate of drug-likeness (QED) is 0.642. The average molecular weight is 207 g/mol. The Bertz CT molecular complexity index is 272. The topological polar surface area (TPSA) is 26.0 Å². The van der Waals surface area contributed by atoms with Gasteiger partial charge in [0, 0.05) is 0 Å². The smallest absolute Gasteiger partial charge is 0.0502 e. The van der Waals surface area contributed by atoms with Crippen LogP contribution in [0.1, 0.15) is 41.5 Å². The van der Waals surface area contributed by atoms with Crippen LogP contribution in [0, 0.1) is 5.41 Å². The van der Waals surface area contributed by atoms with Crippen LogP contribution in [0.5, 0.6) is 0 Å². The number of rotatable bonds is 0. The Kier molecular flexibility index (Phi) is 5.02. The summed E-state index contributed by atoms with van der Waals surface area (Å²) in [7, 11) is 0. The van der Waals surface area contributed by atoms with E-state index in [1.54, 1.807) is 0 Å². The summed E-state index contributed by atoms with van der Waals surface area (Å²) in [5, 5.41) is 0. The molecule has 0 bridgehead atoms. The Morgan fingerprint density at radius 2 is 1.67 bits per heavy atom. The van der Waals surface area contributed by atoms with E-state index in [0.717, 1.165) is 0 Å². The van der Waals surface area contributed by atoms with Crippen molar-refractivity contribution in [3.8, 4) is 0 Å². The maximum absolute atomic E-state index is 5.98. The van der Waals surface area contributed by atoms with Crippen molar-refractivity contribution in [2.24, 2.45) is 11.1 Å². The minimum absolute atomic E-state index is 0.196.